The van der Waals surface area contributed by atoms with Crippen LogP contribution in [0.25, 0.3) is 17.2 Å². The molecule has 0 radical (unpaired) electrons. The van der Waals surface area contributed by atoms with Crippen molar-refractivity contribution in [3.63, 3.8) is 0 Å². The van der Waals surface area contributed by atoms with E-state index < -0.39 is 5.97 Å². The second kappa shape index (κ2) is 9.16. The summed E-state index contributed by atoms with van der Waals surface area (Å²) in [6, 6.07) is 21.9. The number of rotatable bonds is 6. The molecule has 0 bridgehead atoms. The Bertz CT molecular complexity index is 1200. The molecule has 1 amide bonds. The van der Waals surface area contributed by atoms with Crippen molar-refractivity contribution in [3.8, 4) is 16.9 Å². The number of aromatic carboxylic acids is 1. The Morgan fingerprint density at radius 3 is 2.35 bits per heavy atom. The monoisotopic (exact) mass is 447 g/mol. The van der Waals surface area contributed by atoms with Crippen LogP contribution in [0.5, 0.6) is 5.75 Å². The van der Waals surface area contributed by atoms with Gasteiger partial charge in [-0.3, -0.25) is 4.79 Å². The summed E-state index contributed by atoms with van der Waals surface area (Å²) in [5.74, 6) is -0.484. The van der Waals surface area contributed by atoms with E-state index in [2.05, 4.69) is 5.32 Å². The van der Waals surface area contributed by atoms with Gasteiger partial charge in [-0.15, -0.1) is 0 Å². The molecule has 3 aromatic rings. The summed E-state index contributed by atoms with van der Waals surface area (Å²) >= 11 is 6.24. The predicted molar refractivity (Wildman–Crippen MR) is 126 cm³/mol. The molecule has 0 aliphatic carbocycles. The fourth-order valence-corrected chi connectivity index (χ4v) is 4.25. The quantitative estimate of drug-likeness (QED) is 0.404. The van der Waals surface area contributed by atoms with Crippen molar-refractivity contribution in [1.29, 1.82) is 0 Å². The van der Waals surface area contributed by atoms with Crippen LogP contribution >= 0.6 is 24.0 Å². The molecule has 31 heavy (non-hydrogen) atoms. The highest BCUT2D eigenvalue weighted by atomic mass is 32.2. The van der Waals surface area contributed by atoms with Crippen LogP contribution in [-0.2, 0) is 11.4 Å². The molecule has 1 aliphatic heterocycles. The fraction of sp³-hybridized carbons (Fsp3) is 0.0417. The molecule has 0 atom stereocenters. The van der Waals surface area contributed by atoms with Crippen LogP contribution < -0.4 is 10.1 Å². The van der Waals surface area contributed by atoms with Gasteiger partial charge in [0.1, 0.15) is 16.7 Å². The summed E-state index contributed by atoms with van der Waals surface area (Å²) in [5.41, 5.74) is 3.48. The number of thiocarbonyl (C=S) groups is 1. The van der Waals surface area contributed by atoms with Crippen LogP contribution in [0.15, 0.2) is 77.7 Å². The van der Waals surface area contributed by atoms with E-state index in [-0.39, 0.29) is 18.1 Å². The van der Waals surface area contributed by atoms with Crippen molar-refractivity contribution in [2.75, 3.05) is 0 Å². The summed E-state index contributed by atoms with van der Waals surface area (Å²) in [6.45, 7) is 0.289. The highest BCUT2D eigenvalue weighted by Gasteiger charge is 2.21. The smallest absolute Gasteiger partial charge is 0.336 e. The van der Waals surface area contributed by atoms with Crippen molar-refractivity contribution in [1.82, 2.24) is 5.32 Å². The van der Waals surface area contributed by atoms with Crippen molar-refractivity contribution >= 4 is 46.3 Å². The molecule has 1 fully saturated rings. The van der Waals surface area contributed by atoms with Gasteiger partial charge < -0.3 is 15.2 Å². The van der Waals surface area contributed by atoms with Gasteiger partial charge in [-0.1, -0.05) is 78.6 Å². The van der Waals surface area contributed by atoms with E-state index in [1.807, 2.05) is 54.6 Å². The largest absolute Gasteiger partial charge is 0.489 e. The average molecular weight is 448 g/mol. The maximum Gasteiger partial charge on any atom is 0.336 e. The molecule has 2 N–H and O–H groups in total. The minimum absolute atomic E-state index is 0.187. The normalized spacial score (nSPS) is 14.5. The SMILES string of the molecule is O=C1NC(=S)SC1=Cc1ccc(OCc2ccccc2-c2ccccc2C(=O)O)cc1. The van der Waals surface area contributed by atoms with Gasteiger partial charge >= 0.3 is 5.97 Å². The fourth-order valence-electron chi connectivity index (χ4n) is 3.21. The Labute approximate surface area is 188 Å². The van der Waals surface area contributed by atoms with Crippen LogP contribution in [0.2, 0.25) is 0 Å². The number of carboxylic acid groups (broad SMARTS) is 1. The highest BCUT2D eigenvalue weighted by molar-refractivity contribution is 8.26. The lowest BCUT2D eigenvalue weighted by Crippen LogP contribution is -2.17. The van der Waals surface area contributed by atoms with Crippen LogP contribution in [0.3, 0.4) is 0 Å². The number of amides is 1. The zero-order chi connectivity index (χ0) is 21.8. The maximum atomic E-state index is 11.8. The van der Waals surface area contributed by atoms with E-state index in [1.54, 1.807) is 24.3 Å². The van der Waals surface area contributed by atoms with Gasteiger partial charge in [-0.25, -0.2) is 4.79 Å². The Hall–Kier alpha value is -3.42. The summed E-state index contributed by atoms with van der Waals surface area (Å²) in [4.78, 5) is 24.0. The molecule has 3 aromatic carbocycles. The third-order valence-electron chi connectivity index (χ3n) is 4.68. The van der Waals surface area contributed by atoms with E-state index in [9.17, 15) is 14.7 Å². The summed E-state index contributed by atoms with van der Waals surface area (Å²) < 4.78 is 6.40. The first kappa shape index (κ1) is 20.8. The Balaban J connectivity index is 1.51. The summed E-state index contributed by atoms with van der Waals surface area (Å²) in [5, 5.41) is 12.1. The third-order valence-corrected chi connectivity index (χ3v) is 5.84. The molecule has 7 heteroatoms. The van der Waals surface area contributed by atoms with E-state index in [0.717, 1.165) is 16.7 Å². The molecule has 0 aromatic heterocycles. The molecule has 0 spiro atoms. The first-order valence-corrected chi connectivity index (χ1v) is 10.6. The molecule has 4 rings (SSSR count). The Morgan fingerprint density at radius 1 is 1.00 bits per heavy atom. The van der Waals surface area contributed by atoms with Gasteiger partial charge in [-0.2, -0.15) is 0 Å². The number of thioether (sulfide) groups is 1. The number of carbonyl (C=O) groups excluding carboxylic acids is 1. The number of carbonyl (C=O) groups is 2. The standard InChI is InChI=1S/C24H17NO4S2/c26-22-21(31-24(30)25-22)13-15-9-11-17(12-10-15)29-14-16-5-1-2-6-18(16)19-7-3-4-8-20(19)23(27)28/h1-13H,14H2,(H,27,28)(H,25,26,30). The van der Waals surface area contributed by atoms with Gasteiger partial charge in [-0.05, 0) is 46.5 Å². The number of carboxylic acids is 1. The number of nitrogens with one attached hydrogen (secondary N) is 1. The minimum Gasteiger partial charge on any atom is -0.489 e. The highest BCUT2D eigenvalue weighted by Crippen LogP contribution is 2.29. The molecule has 1 heterocycles. The Morgan fingerprint density at radius 2 is 1.68 bits per heavy atom. The number of ether oxygens (including phenoxy) is 1. The Kier molecular flexibility index (Phi) is 6.16. The van der Waals surface area contributed by atoms with Gasteiger partial charge in [0.05, 0.1) is 10.5 Å². The lowest BCUT2D eigenvalue weighted by Gasteiger charge is -2.13. The summed E-state index contributed by atoms with van der Waals surface area (Å²) in [6.07, 6.45) is 1.78. The van der Waals surface area contributed by atoms with Crippen LogP contribution in [0.4, 0.5) is 0 Å². The van der Waals surface area contributed by atoms with E-state index in [1.165, 1.54) is 11.8 Å². The van der Waals surface area contributed by atoms with Gasteiger partial charge in [0.2, 0.25) is 0 Å². The molecule has 5 nitrogen and oxygen atoms in total. The molecular formula is C24H17NO4S2. The average Bonchev–Trinajstić information content (AvgIpc) is 3.10. The van der Waals surface area contributed by atoms with Crippen molar-refractivity contribution in [3.05, 3.63) is 94.4 Å². The lowest BCUT2D eigenvalue weighted by atomic mass is 9.96. The van der Waals surface area contributed by atoms with Gasteiger partial charge in [0.25, 0.3) is 5.91 Å². The maximum absolute atomic E-state index is 11.8. The zero-order valence-electron chi connectivity index (χ0n) is 16.2. The van der Waals surface area contributed by atoms with E-state index in [0.29, 0.717) is 20.5 Å². The van der Waals surface area contributed by atoms with Crippen LogP contribution in [0, 0.1) is 0 Å². The zero-order valence-corrected chi connectivity index (χ0v) is 17.8. The van der Waals surface area contributed by atoms with Gasteiger partial charge in [0, 0.05) is 0 Å². The van der Waals surface area contributed by atoms with Crippen LogP contribution in [-0.4, -0.2) is 21.3 Å². The minimum atomic E-state index is -0.967. The number of hydrogen-bond acceptors (Lipinski definition) is 5. The van der Waals surface area contributed by atoms with Crippen molar-refractivity contribution in [2.45, 2.75) is 6.61 Å². The molecule has 154 valence electrons. The topological polar surface area (TPSA) is 75.6 Å². The molecule has 1 aliphatic rings. The second-order valence-corrected chi connectivity index (χ2v) is 8.44. The summed E-state index contributed by atoms with van der Waals surface area (Å²) in [7, 11) is 0. The lowest BCUT2D eigenvalue weighted by molar-refractivity contribution is -0.115. The van der Waals surface area contributed by atoms with E-state index >= 15 is 0 Å². The molecule has 1 saturated heterocycles. The predicted octanol–water partition coefficient (Wildman–Crippen LogP) is 5.12. The second-order valence-electron chi connectivity index (χ2n) is 6.72. The molecule has 0 saturated carbocycles. The number of benzene rings is 3. The molecule has 0 unspecified atom stereocenters. The van der Waals surface area contributed by atoms with Gasteiger partial charge in [0.15, 0.2) is 0 Å². The number of hydrogen-bond donors (Lipinski definition) is 2. The first-order chi connectivity index (χ1) is 15.0. The van der Waals surface area contributed by atoms with Crippen LogP contribution in [0.1, 0.15) is 21.5 Å². The third kappa shape index (κ3) is 4.84. The van der Waals surface area contributed by atoms with Crippen molar-refractivity contribution in [2.24, 2.45) is 0 Å². The van der Waals surface area contributed by atoms with Crippen molar-refractivity contribution < 1.29 is 19.4 Å². The van der Waals surface area contributed by atoms with E-state index in [4.69, 9.17) is 17.0 Å². The first-order valence-electron chi connectivity index (χ1n) is 9.39. The molecular weight excluding hydrogens is 430 g/mol.